The predicted molar refractivity (Wildman–Crippen MR) is 46.3 cm³/mol. The van der Waals surface area contributed by atoms with Gasteiger partial charge in [-0.05, 0) is 26.1 Å². The Balaban J connectivity index is 3.66. The number of aliphatic carboxylic acids is 1. The van der Waals surface area contributed by atoms with Crippen LogP contribution in [0.2, 0.25) is 0 Å². The SMILES string of the molecule is CCOC(=S)SC(C)C(=O)[O-]. The van der Waals surface area contributed by atoms with Crippen LogP contribution in [0.15, 0.2) is 0 Å². The van der Waals surface area contributed by atoms with Crippen molar-refractivity contribution >= 4 is 34.3 Å². The zero-order valence-corrected chi connectivity index (χ0v) is 7.96. The Morgan fingerprint density at radius 2 is 2.36 bits per heavy atom. The van der Waals surface area contributed by atoms with E-state index in [-0.39, 0.29) is 4.38 Å². The highest BCUT2D eigenvalue weighted by molar-refractivity contribution is 8.23. The summed E-state index contributed by atoms with van der Waals surface area (Å²) in [7, 11) is 0. The van der Waals surface area contributed by atoms with Gasteiger partial charge in [0.1, 0.15) is 0 Å². The van der Waals surface area contributed by atoms with E-state index >= 15 is 0 Å². The van der Waals surface area contributed by atoms with E-state index in [4.69, 9.17) is 17.0 Å². The zero-order valence-electron chi connectivity index (χ0n) is 6.33. The maximum absolute atomic E-state index is 10.2. The van der Waals surface area contributed by atoms with Gasteiger partial charge in [0.05, 0.1) is 17.8 Å². The molecule has 0 aliphatic rings. The van der Waals surface area contributed by atoms with Crippen molar-refractivity contribution in [1.82, 2.24) is 0 Å². The van der Waals surface area contributed by atoms with Gasteiger partial charge >= 0.3 is 0 Å². The lowest BCUT2D eigenvalue weighted by Gasteiger charge is -2.11. The first-order chi connectivity index (χ1) is 5.07. The quantitative estimate of drug-likeness (QED) is 0.598. The third-order valence-electron chi connectivity index (χ3n) is 0.867. The summed E-state index contributed by atoms with van der Waals surface area (Å²) in [5.74, 6) is -1.13. The number of carbonyl (C=O) groups excluding carboxylic acids is 1. The van der Waals surface area contributed by atoms with E-state index in [2.05, 4.69) is 0 Å². The van der Waals surface area contributed by atoms with E-state index < -0.39 is 11.2 Å². The van der Waals surface area contributed by atoms with Gasteiger partial charge in [-0.3, -0.25) is 0 Å². The summed E-state index contributed by atoms with van der Waals surface area (Å²) >= 11 is 5.68. The molecule has 0 bridgehead atoms. The Morgan fingerprint density at radius 1 is 1.82 bits per heavy atom. The molecule has 0 fully saturated rings. The van der Waals surface area contributed by atoms with Crippen molar-refractivity contribution in [2.24, 2.45) is 0 Å². The Hall–Kier alpha value is -0.290. The Kier molecular flexibility index (Phi) is 5.23. The lowest BCUT2D eigenvalue weighted by atomic mass is 10.5. The number of thiocarbonyl (C=S) groups is 1. The number of carboxylic acids is 1. The fourth-order valence-corrected chi connectivity index (χ4v) is 1.47. The Morgan fingerprint density at radius 3 is 2.73 bits per heavy atom. The fourth-order valence-electron chi connectivity index (χ4n) is 0.344. The number of hydrogen-bond acceptors (Lipinski definition) is 5. The largest absolute Gasteiger partial charge is 0.549 e. The minimum Gasteiger partial charge on any atom is -0.549 e. The highest BCUT2D eigenvalue weighted by Gasteiger charge is 2.07. The second-order valence-electron chi connectivity index (χ2n) is 1.76. The van der Waals surface area contributed by atoms with E-state index in [1.807, 2.05) is 0 Å². The van der Waals surface area contributed by atoms with Gasteiger partial charge in [0.15, 0.2) is 0 Å². The van der Waals surface area contributed by atoms with E-state index in [1.54, 1.807) is 6.92 Å². The van der Waals surface area contributed by atoms with Gasteiger partial charge in [-0.15, -0.1) is 0 Å². The summed E-state index contributed by atoms with van der Waals surface area (Å²) in [5, 5.41) is 9.55. The molecule has 64 valence electrons. The van der Waals surface area contributed by atoms with Crippen LogP contribution >= 0.6 is 24.0 Å². The first-order valence-electron chi connectivity index (χ1n) is 3.12. The lowest BCUT2D eigenvalue weighted by Crippen LogP contribution is -2.32. The van der Waals surface area contributed by atoms with Crippen molar-refractivity contribution in [3.8, 4) is 0 Å². The number of carboxylic acid groups (broad SMARTS) is 1. The second kappa shape index (κ2) is 5.37. The summed E-state index contributed by atoms with van der Waals surface area (Å²) in [6.07, 6.45) is 0. The van der Waals surface area contributed by atoms with Crippen LogP contribution in [-0.2, 0) is 9.53 Å². The van der Waals surface area contributed by atoms with Gasteiger partial charge < -0.3 is 14.6 Å². The van der Waals surface area contributed by atoms with Crippen LogP contribution in [0.1, 0.15) is 13.8 Å². The van der Waals surface area contributed by atoms with Crippen molar-refractivity contribution in [3.05, 3.63) is 0 Å². The lowest BCUT2D eigenvalue weighted by molar-refractivity contribution is -0.304. The van der Waals surface area contributed by atoms with Crippen molar-refractivity contribution in [3.63, 3.8) is 0 Å². The topological polar surface area (TPSA) is 49.4 Å². The van der Waals surface area contributed by atoms with E-state index in [1.165, 1.54) is 6.92 Å². The molecule has 0 aromatic rings. The van der Waals surface area contributed by atoms with E-state index in [0.29, 0.717) is 6.61 Å². The van der Waals surface area contributed by atoms with Crippen LogP contribution in [0.4, 0.5) is 0 Å². The minimum absolute atomic E-state index is 0.254. The van der Waals surface area contributed by atoms with Crippen LogP contribution in [0.25, 0.3) is 0 Å². The monoisotopic (exact) mass is 193 g/mol. The Bertz CT molecular complexity index is 158. The molecule has 0 aromatic carbocycles. The second-order valence-corrected chi connectivity index (χ2v) is 3.70. The summed E-state index contributed by atoms with van der Waals surface area (Å²) in [6.45, 7) is 3.76. The van der Waals surface area contributed by atoms with E-state index in [9.17, 15) is 9.90 Å². The number of hydrogen-bond donors (Lipinski definition) is 0. The molecule has 0 N–H and O–H groups in total. The van der Waals surface area contributed by atoms with Crippen molar-refractivity contribution in [1.29, 1.82) is 0 Å². The number of ether oxygens (including phenoxy) is 1. The molecule has 0 spiro atoms. The minimum atomic E-state index is -1.13. The van der Waals surface area contributed by atoms with Gasteiger partial charge in [0.2, 0.25) is 4.38 Å². The molecule has 0 aliphatic carbocycles. The molecular formula is C6H9O3S2-. The predicted octanol–water partition coefficient (Wildman–Crippen LogP) is 0.179. The first-order valence-corrected chi connectivity index (χ1v) is 4.41. The molecule has 0 saturated heterocycles. The molecule has 0 aromatic heterocycles. The van der Waals surface area contributed by atoms with Gasteiger partial charge in [-0.25, -0.2) is 0 Å². The third-order valence-corrected chi connectivity index (χ3v) is 2.13. The average Bonchev–Trinajstić information content (AvgIpc) is 1.87. The highest BCUT2D eigenvalue weighted by atomic mass is 32.2. The molecular weight excluding hydrogens is 184 g/mol. The molecule has 3 nitrogen and oxygen atoms in total. The van der Waals surface area contributed by atoms with E-state index in [0.717, 1.165) is 11.8 Å². The number of carbonyl (C=O) groups is 1. The van der Waals surface area contributed by atoms with Crippen molar-refractivity contribution in [2.45, 2.75) is 19.1 Å². The molecule has 1 atom stereocenters. The summed E-state index contributed by atoms with van der Waals surface area (Å²) in [6, 6.07) is 0. The van der Waals surface area contributed by atoms with Crippen LogP contribution < -0.4 is 5.11 Å². The molecule has 1 unspecified atom stereocenters. The molecule has 0 heterocycles. The van der Waals surface area contributed by atoms with Gasteiger partial charge in [0.25, 0.3) is 0 Å². The fraction of sp³-hybridized carbons (Fsp3) is 0.667. The molecule has 0 amide bonds. The molecule has 0 rings (SSSR count). The summed E-state index contributed by atoms with van der Waals surface area (Å²) < 4.78 is 5.12. The number of rotatable bonds is 3. The van der Waals surface area contributed by atoms with Crippen LogP contribution in [-0.4, -0.2) is 22.2 Å². The normalized spacial score (nSPS) is 12.2. The maximum Gasteiger partial charge on any atom is 0.220 e. The maximum atomic E-state index is 10.2. The Labute approximate surface area is 75.1 Å². The smallest absolute Gasteiger partial charge is 0.220 e. The molecule has 11 heavy (non-hydrogen) atoms. The summed E-state index contributed by atoms with van der Waals surface area (Å²) in [5.41, 5.74) is 0. The van der Waals surface area contributed by atoms with Crippen LogP contribution in [0.3, 0.4) is 0 Å². The van der Waals surface area contributed by atoms with Gasteiger partial charge in [-0.2, -0.15) is 0 Å². The van der Waals surface area contributed by atoms with Crippen LogP contribution in [0.5, 0.6) is 0 Å². The first kappa shape index (κ1) is 10.7. The average molecular weight is 193 g/mol. The highest BCUT2D eigenvalue weighted by Crippen LogP contribution is 2.12. The van der Waals surface area contributed by atoms with Crippen molar-refractivity contribution < 1.29 is 14.6 Å². The molecule has 0 saturated carbocycles. The van der Waals surface area contributed by atoms with Gasteiger partial charge in [0, 0.05) is 0 Å². The third kappa shape index (κ3) is 5.03. The number of thioether (sulfide) groups is 1. The molecule has 0 radical (unpaired) electrons. The van der Waals surface area contributed by atoms with Crippen molar-refractivity contribution in [2.75, 3.05) is 6.61 Å². The van der Waals surface area contributed by atoms with Gasteiger partial charge in [-0.1, -0.05) is 11.8 Å². The van der Waals surface area contributed by atoms with Crippen LogP contribution in [0, 0.1) is 0 Å². The molecule has 5 heteroatoms. The summed E-state index contributed by atoms with van der Waals surface area (Å²) in [4.78, 5) is 10.2. The molecule has 0 aliphatic heterocycles. The zero-order chi connectivity index (χ0) is 8.85. The standard InChI is InChI=1S/C6H10O3S2/c1-3-9-6(10)11-4(2)5(7)8/h4H,3H2,1-2H3,(H,7,8)/p-1.